The maximum atomic E-state index is 11.8. The lowest BCUT2D eigenvalue weighted by Gasteiger charge is -2.20. The van der Waals surface area contributed by atoms with Crippen molar-refractivity contribution in [3.63, 3.8) is 0 Å². The van der Waals surface area contributed by atoms with E-state index in [0.717, 1.165) is 6.42 Å². The smallest absolute Gasteiger partial charge is 0.240 e. The topological polar surface area (TPSA) is 82.4 Å². The van der Waals surface area contributed by atoms with Gasteiger partial charge in [-0.25, -0.2) is 0 Å². The molecule has 0 spiro atoms. The molecule has 0 saturated heterocycles. The van der Waals surface area contributed by atoms with Gasteiger partial charge in [0.1, 0.15) is 6.54 Å². The van der Waals surface area contributed by atoms with E-state index in [4.69, 9.17) is 10.00 Å². The first-order valence-electron chi connectivity index (χ1n) is 6.62. The SMILES string of the molecule is COCCCNC(=O)CN(C(C)=O)c1ccc(C#N)cc1. The van der Waals surface area contributed by atoms with Crippen LogP contribution in [0.25, 0.3) is 0 Å². The fourth-order valence-electron chi connectivity index (χ4n) is 1.74. The second-order valence-electron chi connectivity index (χ2n) is 4.46. The van der Waals surface area contributed by atoms with Crippen LogP contribution in [0.2, 0.25) is 0 Å². The van der Waals surface area contributed by atoms with E-state index in [1.165, 1.54) is 11.8 Å². The Labute approximate surface area is 124 Å². The van der Waals surface area contributed by atoms with Crippen molar-refractivity contribution >= 4 is 17.5 Å². The molecule has 2 amide bonds. The maximum Gasteiger partial charge on any atom is 0.240 e. The van der Waals surface area contributed by atoms with E-state index in [0.29, 0.717) is 24.4 Å². The van der Waals surface area contributed by atoms with Crippen LogP contribution < -0.4 is 10.2 Å². The highest BCUT2D eigenvalue weighted by Gasteiger charge is 2.15. The van der Waals surface area contributed by atoms with Gasteiger partial charge in [0.05, 0.1) is 11.6 Å². The fraction of sp³-hybridized carbons (Fsp3) is 0.400. The predicted molar refractivity (Wildman–Crippen MR) is 78.7 cm³/mol. The molecule has 1 aromatic carbocycles. The first kappa shape index (κ1) is 16.7. The average Bonchev–Trinajstić information content (AvgIpc) is 2.49. The zero-order valence-electron chi connectivity index (χ0n) is 12.3. The Morgan fingerprint density at radius 3 is 2.52 bits per heavy atom. The minimum atomic E-state index is -0.231. The molecule has 112 valence electrons. The van der Waals surface area contributed by atoms with Crippen molar-refractivity contribution in [1.82, 2.24) is 5.32 Å². The molecule has 0 radical (unpaired) electrons. The van der Waals surface area contributed by atoms with Gasteiger partial charge in [-0.1, -0.05) is 0 Å². The van der Waals surface area contributed by atoms with E-state index in [9.17, 15) is 9.59 Å². The number of anilines is 1. The van der Waals surface area contributed by atoms with Crippen molar-refractivity contribution in [2.45, 2.75) is 13.3 Å². The number of nitriles is 1. The molecular weight excluding hydrogens is 270 g/mol. The highest BCUT2D eigenvalue weighted by molar-refractivity contribution is 5.97. The van der Waals surface area contributed by atoms with Crippen molar-refractivity contribution in [3.05, 3.63) is 29.8 Å². The molecule has 1 aromatic rings. The number of hydrogen-bond donors (Lipinski definition) is 1. The van der Waals surface area contributed by atoms with Crippen molar-refractivity contribution in [1.29, 1.82) is 5.26 Å². The summed E-state index contributed by atoms with van der Waals surface area (Å²) in [5.41, 5.74) is 1.10. The summed E-state index contributed by atoms with van der Waals surface area (Å²) in [6.45, 7) is 2.43. The second kappa shape index (κ2) is 8.72. The molecule has 0 atom stereocenters. The molecule has 6 nitrogen and oxygen atoms in total. The Balaban J connectivity index is 2.63. The summed E-state index contributed by atoms with van der Waals surface area (Å²) in [5, 5.41) is 11.5. The van der Waals surface area contributed by atoms with Crippen molar-refractivity contribution in [2.24, 2.45) is 0 Å². The monoisotopic (exact) mass is 289 g/mol. The summed E-state index contributed by atoms with van der Waals surface area (Å²) in [6, 6.07) is 8.54. The lowest BCUT2D eigenvalue weighted by atomic mass is 10.2. The molecule has 1 N–H and O–H groups in total. The van der Waals surface area contributed by atoms with Crippen molar-refractivity contribution in [2.75, 3.05) is 31.7 Å². The van der Waals surface area contributed by atoms with E-state index in [1.54, 1.807) is 31.4 Å². The summed E-state index contributed by atoms with van der Waals surface area (Å²) >= 11 is 0. The van der Waals surface area contributed by atoms with Gasteiger partial charge in [0.15, 0.2) is 0 Å². The van der Waals surface area contributed by atoms with Gasteiger partial charge in [0.2, 0.25) is 11.8 Å². The molecule has 0 unspecified atom stereocenters. The molecule has 0 aliphatic carbocycles. The standard InChI is InChI=1S/C15H19N3O3/c1-12(19)18(11-15(20)17-8-3-9-21-2)14-6-4-13(10-16)5-7-14/h4-7H,3,8-9,11H2,1-2H3,(H,17,20). The van der Waals surface area contributed by atoms with Crippen LogP contribution in [-0.4, -0.2) is 38.6 Å². The molecule has 0 aliphatic heterocycles. The summed E-state index contributed by atoms with van der Waals surface area (Å²) in [5.74, 6) is -0.461. The number of nitrogens with zero attached hydrogens (tertiary/aromatic N) is 2. The number of nitrogens with one attached hydrogen (secondary N) is 1. The number of methoxy groups -OCH3 is 1. The molecule has 1 rings (SSSR count). The lowest BCUT2D eigenvalue weighted by Crippen LogP contribution is -2.40. The van der Waals surface area contributed by atoms with Gasteiger partial charge >= 0.3 is 0 Å². The molecule has 0 aliphatic rings. The van der Waals surface area contributed by atoms with Crippen LogP contribution in [0.4, 0.5) is 5.69 Å². The first-order valence-corrected chi connectivity index (χ1v) is 6.62. The van der Waals surface area contributed by atoms with E-state index < -0.39 is 0 Å². The Hall–Kier alpha value is -2.39. The van der Waals surface area contributed by atoms with E-state index in [1.807, 2.05) is 6.07 Å². The first-order chi connectivity index (χ1) is 10.1. The van der Waals surface area contributed by atoms with Crippen LogP contribution in [0, 0.1) is 11.3 Å². The maximum absolute atomic E-state index is 11.8. The third kappa shape index (κ3) is 5.63. The second-order valence-corrected chi connectivity index (χ2v) is 4.46. The van der Waals surface area contributed by atoms with Crippen LogP contribution in [0.1, 0.15) is 18.9 Å². The zero-order chi connectivity index (χ0) is 15.7. The third-order valence-electron chi connectivity index (χ3n) is 2.84. The normalized spacial score (nSPS) is 9.76. The van der Waals surface area contributed by atoms with E-state index in [-0.39, 0.29) is 18.4 Å². The molecule has 0 saturated carbocycles. The van der Waals surface area contributed by atoms with Crippen LogP contribution >= 0.6 is 0 Å². The van der Waals surface area contributed by atoms with Crippen molar-refractivity contribution < 1.29 is 14.3 Å². The van der Waals surface area contributed by atoms with Crippen LogP contribution in [0.15, 0.2) is 24.3 Å². The van der Waals surface area contributed by atoms with E-state index >= 15 is 0 Å². The summed E-state index contributed by atoms with van der Waals surface area (Å²) in [6.07, 6.45) is 0.721. The third-order valence-corrected chi connectivity index (χ3v) is 2.84. The zero-order valence-corrected chi connectivity index (χ0v) is 12.3. The summed E-state index contributed by atoms with van der Waals surface area (Å²) in [7, 11) is 1.60. The Bertz CT molecular complexity index is 520. The summed E-state index contributed by atoms with van der Waals surface area (Å²) < 4.78 is 4.89. The van der Waals surface area contributed by atoms with Crippen LogP contribution in [0.5, 0.6) is 0 Å². The van der Waals surface area contributed by atoms with E-state index in [2.05, 4.69) is 5.32 Å². The van der Waals surface area contributed by atoms with Gasteiger partial charge in [0.25, 0.3) is 0 Å². The lowest BCUT2D eigenvalue weighted by molar-refractivity contribution is -0.123. The largest absolute Gasteiger partial charge is 0.385 e. The highest BCUT2D eigenvalue weighted by atomic mass is 16.5. The molecule has 6 heteroatoms. The fourth-order valence-corrected chi connectivity index (χ4v) is 1.74. The van der Waals surface area contributed by atoms with Gasteiger partial charge in [-0.2, -0.15) is 5.26 Å². The molecule has 0 fully saturated rings. The van der Waals surface area contributed by atoms with Crippen molar-refractivity contribution in [3.8, 4) is 6.07 Å². The number of ether oxygens (including phenoxy) is 1. The molecule has 0 heterocycles. The molecule has 0 aromatic heterocycles. The number of rotatable bonds is 7. The van der Waals surface area contributed by atoms with Gasteiger partial charge in [-0.15, -0.1) is 0 Å². The van der Waals surface area contributed by atoms with Gasteiger partial charge in [-0.3, -0.25) is 9.59 Å². The van der Waals surface area contributed by atoms with Gasteiger partial charge < -0.3 is 15.0 Å². The Kier molecular flexibility index (Phi) is 6.92. The predicted octanol–water partition coefficient (Wildman–Crippen LogP) is 1.06. The average molecular weight is 289 g/mol. The van der Waals surface area contributed by atoms with Crippen LogP contribution in [-0.2, 0) is 14.3 Å². The summed E-state index contributed by atoms with van der Waals surface area (Å²) in [4.78, 5) is 24.9. The Morgan fingerprint density at radius 2 is 2.00 bits per heavy atom. The number of benzene rings is 1. The minimum Gasteiger partial charge on any atom is -0.385 e. The number of carbonyl (C=O) groups is 2. The molecule has 21 heavy (non-hydrogen) atoms. The number of amides is 2. The molecule has 0 bridgehead atoms. The number of hydrogen-bond acceptors (Lipinski definition) is 4. The minimum absolute atomic E-state index is 0.0474. The van der Waals surface area contributed by atoms with Gasteiger partial charge in [-0.05, 0) is 30.7 Å². The highest BCUT2D eigenvalue weighted by Crippen LogP contribution is 2.15. The number of carbonyl (C=O) groups excluding carboxylic acids is 2. The van der Waals surface area contributed by atoms with Gasteiger partial charge in [0, 0.05) is 32.9 Å². The Morgan fingerprint density at radius 1 is 1.33 bits per heavy atom. The quantitative estimate of drug-likeness (QED) is 0.761. The van der Waals surface area contributed by atoms with Crippen LogP contribution in [0.3, 0.4) is 0 Å². The molecular formula is C15H19N3O3.